The Hall–Kier alpha value is -2.57. The number of piperidine rings is 1. The number of carbonyl (C=O) groups is 3. The van der Waals surface area contributed by atoms with E-state index in [-0.39, 0.29) is 18.4 Å². The first kappa shape index (κ1) is 22.1. The number of hydrogen-bond donors (Lipinski definition) is 2. The van der Waals surface area contributed by atoms with Crippen molar-refractivity contribution in [2.45, 2.75) is 45.4 Å². The molecule has 1 heterocycles. The van der Waals surface area contributed by atoms with E-state index in [2.05, 4.69) is 11.4 Å². The molecule has 1 saturated carbocycles. The number of nitrogens with one attached hydrogen (secondary N) is 1. The Balaban J connectivity index is 1.58. The summed E-state index contributed by atoms with van der Waals surface area (Å²) in [7, 11) is 0. The van der Waals surface area contributed by atoms with Gasteiger partial charge in [0.25, 0.3) is 0 Å². The Kier molecular flexibility index (Phi) is 6.38. The molecule has 2 amide bonds. The maximum atomic E-state index is 12.9. The number of hydrogen-bond acceptors (Lipinski definition) is 4. The lowest BCUT2D eigenvalue weighted by Gasteiger charge is -2.25. The Morgan fingerprint density at radius 1 is 1.23 bits per heavy atom. The van der Waals surface area contributed by atoms with Crippen molar-refractivity contribution in [3.8, 4) is 0 Å². The summed E-state index contributed by atoms with van der Waals surface area (Å²) < 4.78 is 4.87. The third-order valence-electron chi connectivity index (χ3n) is 6.64. The molecular formula is C23H32N2O5. The molecule has 1 aliphatic carbocycles. The van der Waals surface area contributed by atoms with Crippen LogP contribution < -0.4 is 5.32 Å². The number of rotatable bonds is 8. The van der Waals surface area contributed by atoms with Crippen LogP contribution in [0.4, 0.5) is 4.79 Å². The molecule has 30 heavy (non-hydrogen) atoms. The van der Waals surface area contributed by atoms with Crippen LogP contribution in [0.3, 0.4) is 0 Å². The SMILES string of the molecule is CCOC(=O)NC[C@@H](CC)C(=O)N1C[C@@H]2C(c3cccc(C(C)(C)C(=O)O)c3)[C@@H]2C1. The van der Waals surface area contributed by atoms with E-state index in [9.17, 15) is 19.5 Å². The molecule has 3 rings (SSSR count). The van der Waals surface area contributed by atoms with Crippen LogP contribution in [0.2, 0.25) is 0 Å². The predicted molar refractivity (Wildman–Crippen MR) is 112 cm³/mol. The van der Waals surface area contributed by atoms with Crippen molar-refractivity contribution < 1.29 is 24.2 Å². The maximum Gasteiger partial charge on any atom is 0.407 e. The van der Waals surface area contributed by atoms with Crippen LogP contribution in [-0.4, -0.2) is 54.2 Å². The Morgan fingerprint density at radius 2 is 1.90 bits per heavy atom. The second-order valence-corrected chi connectivity index (χ2v) is 8.86. The first-order chi connectivity index (χ1) is 14.2. The van der Waals surface area contributed by atoms with Crippen LogP contribution >= 0.6 is 0 Å². The van der Waals surface area contributed by atoms with Gasteiger partial charge in [-0.3, -0.25) is 9.59 Å². The van der Waals surface area contributed by atoms with Gasteiger partial charge in [0, 0.05) is 19.6 Å². The van der Waals surface area contributed by atoms with E-state index >= 15 is 0 Å². The first-order valence-electron chi connectivity index (χ1n) is 10.7. The minimum absolute atomic E-state index is 0.0843. The van der Waals surface area contributed by atoms with Crippen molar-refractivity contribution >= 4 is 18.0 Å². The van der Waals surface area contributed by atoms with Crippen molar-refractivity contribution in [2.75, 3.05) is 26.2 Å². The smallest absolute Gasteiger partial charge is 0.407 e. The number of carbonyl (C=O) groups excluding carboxylic acids is 2. The monoisotopic (exact) mass is 416 g/mol. The molecule has 0 aromatic heterocycles. The highest BCUT2D eigenvalue weighted by atomic mass is 16.5. The van der Waals surface area contributed by atoms with Crippen molar-refractivity contribution in [3.63, 3.8) is 0 Å². The largest absolute Gasteiger partial charge is 0.481 e. The Morgan fingerprint density at radius 3 is 2.47 bits per heavy atom. The molecule has 7 heteroatoms. The van der Waals surface area contributed by atoms with Crippen LogP contribution in [-0.2, 0) is 19.7 Å². The van der Waals surface area contributed by atoms with Gasteiger partial charge >= 0.3 is 12.1 Å². The van der Waals surface area contributed by atoms with E-state index < -0.39 is 17.5 Å². The molecule has 0 bridgehead atoms. The number of benzene rings is 1. The van der Waals surface area contributed by atoms with E-state index in [1.165, 1.54) is 5.56 Å². The summed E-state index contributed by atoms with van der Waals surface area (Å²) in [5.41, 5.74) is 1.05. The van der Waals surface area contributed by atoms with Gasteiger partial charge in [0.1, 0.15) is 0 Å². The van der Waals surface area contributed by atoms with E-state index in [4.69, 9.17) is 4.74 Å². The summed E-state index contributed by atoms with van der Waals surface area (Å²) in [5.74, 6) is 0.233. The van der Waals surface area contributed by atoms with Crippen LogP contribution in [0.15, 0.2) is 24.3 Å². The third kappa shape index (κ3) is 4.30. The van der Waals surface area contributed by atoms with Gasteiger partial charge in [-0.05, 0) is 56.1 Å². The Labute approximate surface area is 177 Å². The van der Waals surface area contributed by atoms with Crippen LogP contribution in [0, 0.1) is 17.8 Å². The molecule has 0 radical (unpaired) electrons. The molecule has 4 atom stereocenters. The van der Waals surface area contributed by atoms with Crippen LogP contribution in [0.5, 0.6) is 0 Å². The Bertz CT molecular complexity index is 810. The van der Waals surface area contributed by atoms with Gasteiger partial charge in [0.05, 0.1) is 17.9 Å². The fourth-order valence-corrected chi connectivity index (χ4v) is 4.51. The van der Waals surface area contributed by atoms with Gasteiger partial charge in [-0.1, -0.05) is 31.2 Å². The number of alkyl carbamates (subject to hydrolysis) is 1. The normalized spacial score (nSPS) is 23.5. The number of carboxylic acids is 1. The molecule has 1 aliphatic heterocycles. The highest BCUT2D eigenvalue weighted by molar-refractivity contribution is 5.81. The average Bonchev–Trinajstić information content (AvgIpc) is 3.21. The number of nitrogens with zero attached hydrogens (tertiary/aromatic N) is 1. The standard InChI is InChI=1S/C23H32N2O5/c1-5-14(11-24-22(29)30-6-2)20(26)25-12-17-18(13-25)19(17)15-8-7-9-16(10-15)23(3,4)21(27)28/h7-10,14,17-19H,5-6,11-13H2,1-4H3,(H,24,29)(H,27,28)/t14-,17-,18+,19?/m1/s1. The molecule has 1 unspecified atom stereocenters. The van der Waals surface area contributed by atoms with E-state index in [0.29, 0.717) is 30.8 Å². The molecule has 1 aromatic carbocycles. The molecule has 2 fully saturated rings. The van der Waals surface area contributed by atoms with Crippen LogP contribution in [0.1, 0.15) is 51.2 Å². The van der Waals surface area contributed by atoms with Crippen molar-refractivity contribution in [2.24, 2.45) is 17.8 Å². The molecular weight excluding hydrogens is 384 g/mol. The maximum absolute atomic E-state index is 12.9. The minimum atomic E-state index is -0.928. The predicted octanol–water partition coefficient (Wildman–Crippen LogP) is 2.99. The first-order valence-corrected chi connectivity index (χ1v) is 10.7. The average molecular weight is 417 g/mol. The van der Waals surface area contributed by atoms with Crippen molar-refractivity contribution in [1.29, 1.82) is 0 Å². The highest BCUT2D eigenvalue weighted by Gasteiger charge is 2.57. The molecule has 0 spiro atoms. The summed E-state index contributed by atoms with van der Waals surface area (Å²) in [4.78, 5) is 37.9. The molecule has 2 N–H and O–H groups in total. The van der Waals surface area contributed by atoms with Gasteiger partial charge in [-0.15, -0.1) is 0 Å². The summed E-state index contributed by atoms with van der Waals surface area (Å²) >= 11 is 0. The summed E-state index contributed by atoms with van der Waals surface area (Å²) in [5, 5.41) is 12.2. The van der Waals surface area contributed by atoms with E-state index in [1.807, 2.05) is 30.0 Å². The molecule has 2 aliphatic rings. The van der Waals surface area contributed by atoms with Crippen molar-refractivity contribution in [3.05, 3.63) is 35.4 Å². The van der Waals surface area contributed by atoms with Crippen LogP contribution in [0.25, 0.3) is 0 Å². The van der Waals surface area contributed by atoms with Crippen molar-refractivity contribution in [1.82, 2.24) is 10.2 Å². The van der Waals surface area contributed by atoms with Gasteiger partial charge in [0.2, 0.25) is 5.91 Å². The lowest BCUT2D eigenvalue weighted by atomic mass is 9.83. The number of ether oxygens (including phenoxy) is 1. The summed E-state index contributed by atoms with van der Waals surface area (Å²) in [6.45, 7) is 9.16. The van der Waals surface area contributed by atoms with E-state index in [0.717, 1.165) is 18.7 Å². The number of amides is 2. The molecule has 1 saturated heterocycles. The lowest BCUT2D eigenvalue weighted by molar-refractivity contribution is -0.142. The third-order valence-corrected chi connectivity index (χ3v) is 6.64. The molecule has 164 valence electrons. The topological polar surface area (TPSA) is 95.9 Å². The summed E-state index contributed by atoms with van der Waals surface area (Å²) in [6.07, 6.45) is 0.171. The number of fused-ring (bicyclic) bond motifs is 1. The zero-order valence-electron chi connectivity index (χ0n) is 18.2. The summed E-state index contributed by atoms with van der Waals surface area (Å²) in [6, 6.07) is 7.88. The quantitative estimate of drug-likeness (QED) is 0.679. The lowest BCUT2D eigenvalue weighted by Crippen LogP contribution is -2.41. The van der Waals surface area contributed by atoms with Gasteiger partial charge in [-0.2, -0.15) is 0 Å². The zero-order chi connectivity index (χ0) is 22.1. The second kappa shape index (κ2) is 8.66. The molecule has 7 nitrogen and oxygen atoms in total. The highest BCUT2D eigenvalue weighted by Crippen LogP contribution is 2.58. The zero-order valence-corrected chi connectivity index (χ0v) is 18.2. The number of likely N-dealkylation sites (tertiary alicyclic amines) is 1. The minimum Gasteiger partial charge on any atom is -0.481 e. The fourth-order valence-electron chi connectivity index (χ4n) is 4.51. The molecule has 1 aromatic rings. The van der Waals surface area contributed by atoms with Gasteiger partial charge in [0.15, 0.2) is 0 Å². The number of aliphatic carboxylic acids is 1. The fraction of sp³-hybridized carbons (Fsp3) is 0.609. The van der Waals surface area contributed by atoms with Gasteiger partial charge < -0.3 is 20.1 Å². The van der Waals surface area contributed by atoms with E-state index in [1.54, 1.807) is 20.8 Å². The van der Waals surface area contributed by atoms with Gasteiger partial charge in [-0.25, -0.2) is 4.79 Å². The number of carboxylic acid groups (broad SMARTS) is 1. The second-order valence-electron chi connectivity index (χ2n) is 8.86.